The van der Waals surface area contributed by atoms with E-state index in [1.54, 1.807) is 7.05 Å². The minimum Gasteiger partial charge on any atom is -0.445 e. The van der Waals surface area contributed by atoms with E-state index >= 15 is 0 Å². The molecule has 6 heteroatoms. The van der Waals surface area contributed by atoms with Gasteiger partial charge in [-0.15, -0.1) is 0 Å². The first-order valence-corrected chi connectivity index (χ1v) is 10.1. The quantitative estimate of drug-likeness (QED) is 0.731. The zero-order valence-corrected chi connectivity index (χ0v) is 17.6. The number of nitrogens with one attached hydrogen (secondary N) is 1. The average molecular weight is 391 g/mol. The summed E-state index contributed by atoms with van der Waals surface area (Å²) in [4.78, 5) is 26.1. The molecule has 1 N–H and O–H groups in total. The van der Waals surface area contributed by atoms with Gasteiger partial charge >= 0.3 is 12.2 Å². The first-order valence-electron chi connectivity index (χ1n) is 10.1. The summed E-state index contributed by atoms with van der Waals surface area (Å²) in [5, 5.41) is 2.95. The molecular formula is C22H34N2O4. The summed E-state index contributed by atoms with van der Waals surface area (Å²) in [5.74, 6) is 0.577. The number of carbonyl (C=O) groups is 2. The number of hydrogen-bond donors (Lipinski definition) is 1. The van der Waals surface area contributed by atoms with Gasteiger partial charge in [0.1, 0.15) is 12.2 Å². The van der Waals surface area contributed by atoms with Gasteiger partial charge in [0, 0.05) is 13.6 Å². The number of likely N-dealkylation sites (N-methyl/N-ethyl adjacent to an activating group) is 1. The van der Waals surface area contributed by atoms with Crippen molar-refractivity contribution in [2.24, 2.45) is 5.92 Å². The van der Waals surface area contributed by atoms with Crippen LogP contribution in [0, 0.1) is 5.92 Å². The van der Waals surface area contributed by atoms with Crippen LogP contribution in [-0.2, 0) is 16.1 Å². The summed E-state index contributed by atoms with van der Waals surface area (Å²) in [5.41, 5.74) is 0.390. The van der Waals surface area contributed by atoms with Crippen LogP contribution in [0.4, 0.5) is 9.59 Å². The number of nitrogens with zero attached hydrogens (tertiary/aromatic N) is 1. The molecule has 0 heterocycles. The Labute approximate surface area is 168 Å². The summed E-state index contributed by atoms with van der Waals surface area (Å²) in [7, 11) is 1.70. The monoisotopic (exact) mass is 390 g/mol. The molecule has 1 aromatic carbocycles. The number of ether oxygens (including phenoxy) is 2. The van der Waals surface area contributed by atoms with Gasteiger partial charge in [-0.2, -0.15) is 0 Å². The lowest BCUT2D eigenvalue weighted by molar-refractivity contribution is 0.0477. The molecule has 1 atom stereocenters. The highest BCUT2D eigenvalue weighted by Crippen LogP contribution is 2.29. The van der Waals surface area contributed by atoms with Crippen LogP contribution in [0.1, 0.15) is 58.4 Å². The molecule has 1 fully saturated rings. The van der Waals surface area contributed by atoms with E-state index in [0.717, 1.165) is 12.0 Å². The van der Waals surface area contributed by atoms with Crippen LogP contribution < -0.4 is 5.32 Å². The molecule has 1 aromatic rings. The molecule has 1 aliphatic rings. The third-order valence-corrected chi connectivity index (χ3v) is 4.82. The summed E-state index contributed by atoms with van der Waals surface area (Å²) in [6.45, 7) is 6.14. The fourth-order valence-electron chi connectivity index (χ4n) is 3.54. The van der Waals surface area contributed by atoms with Gasteiger partial charge in [0.25, 0.3) is 0 Å². The number of rotatable bonds is 7. The van der Waals surface area contributed by atoms with Crippen LogP contribution in [0.2, 0.25) is 0 Å². The Balaban J connectivity index is 1.89. The molecule has 0 unspecified atom stereocenters. The van der Waals surface area contributed by atoms with E-state index in [-0.39, 0.29) is 12.6 Å². The van der Waals surface area contributed by atoms with Gasteiger partial charge in [-0.3, -0.25) is 0 Å². The summed E-state index contributed by atoms with van der Waals surface area (Å²) < 4.78 is 10.8. The Morgan fingerprint density at radius 2 is 1.82 bits per heavy atom. The van der Waals surface area contributed by atoms with E-state index in [1.807, 2.05) is 51.1 Å². The van der Waals surface area contributed by atoms with Gasteiger partial charge in [-0.25, -0.2) is 9.59 Å². The minimum atomic E-state index is -0.553. The van der Waals surface area contributed by atoms with Crippen LogP contribution in [0.15, 0.2) is 30.3 Å². The Bertz CT molecular complexity index is 621. The van der Waals surface area contributed by atoms with Crippen molar-refractivity contribution in [2.45, 2.75) is 71.1 Å². The summed E-state index contributed by atoms with van der Waals surface area (Å²) in [6, 6.07) is 9.42. The summed E-state index contributed by atoms with van der Waals surface area (Å²) in [6.07, 6.45) is 4.82. The first-order chi connectivity index (χ1) is 13.2. The topological polar surface area (TPSA) is 67.9 Å². The molecule has 2 amide bonds. The van der Waals surface area contributed by atoms with Crippen molar-refractivity contribution in [1.29, 1.82) is 0 Å². The largest absolute Gasteiger partial charge is 0.445 e. The van der Waals surface area contributed by atoms with Crippen molar-refractivity contribution < 1.29 is 19.1 Å². The Hall–Kier alpha value is -2.24. The van der Waals surface area contributed by atoms with Crippen molar-refractivity contribution in [2.75, 3.05) is 13.6 Å². The number of carbonyl (C=O) groups excluding carboxylic acids is 2. The molecule has 1 aliphatic carbocycles. The molecule has 0 radical (unpaired) electrons. The van der Waals surface area contributed by atoms with Crippen LogP contribution in [-0.4, -0.2) is 42.3 Å². The maximum atomic E-state index is 12.4. The highest BCUT2D eigenvalue weighted by molar-refractivity contribution is 5.69. The van der Waals surface area contributed by atoms with Crippen molar-refractivity contribution in [3.05, 3.63) is 35.9 Å². The molecular weight excluding hydrogens is 356 g/mol. The molecule has 6 nitrogen and oxygen atoms in total. The third kappa shape index (κ3) is 8.19. The standard InChI is InChI=1S/C22H34N2O4/c1-22(2,3)28-20(25)23-19(14-17-10-8-9-11-17)15-24(4)21(26)27-16-18-12-6-5-7-13-18/h5-7,12-13,17,19H,8-11,14-16H2,1-4H3,(H,23,25)/t19-/m0/s1. The highest BCUT2D eigenvalue weighted by atomic mass is 16.6. The van der Waals surface area contributed by atoms with Crippen molar-refractivity contribution in [3.63, 3.8) is 0 Å². The number of benzene rings is 1. The minimum absolute atomic E-state index is 0.160. The first kappa shape index (κ1) is 22.1. The normalized spacial score (nSPS) is 15.7. The SMILES string of the molecule is CN(C[C@H](CC1CCCC1)NC(=O)OC(C)(C)C)C(=O)OCc1ccccc1. The second-order valence-electron chi connectivity index (χ2n) is 8.65. The number of amides is 2. The van der Waals surface area contributed by atoms with E-state index < -0.39 is 17.8 Å². The van der Waals surface area contributed by atoms with Gasteiger partial charge in [-0.05, 0) is 38.7 Å². The van der Waals surface area contributed by atoms with Crippen LogP contribution in [0.25, 0.3) is 0 Å². The third-order valence-electron chi connectivity index (χ3n) is 4.82. The van der Waals surface area contributed by atoms with E-state index in [9.17, 15) is 9.59 Å². The van der Waals surface area contributed by atoms with Gasteiger partial charge in [-0.1, -0.05) is 56.0 Å². The molecule has 0 spiro atoms. The lowest BCUT2D eigenvalue weighted by Crippen LogP contribution is -2.46. The predicted molar refractivity (Wildman–Crippen MR) is 109 cm³/mol. The zero-order chi connectivity index (χ0) is 20.6. The molecule has 1 saturated carbocycles. The second kappa shape index (κ2) is 10.3. The van der Waals surface area contributed by atoms with E-state index in [1.165, 1.54) is 30.6 Å². The van der Waals surface area contributed by atoms with Gasteiger partial charge in [0.15, 0.2) is 0 Å². The fourth-order valence-corrected chi connectivity index (χ4v) is 3.54. The zero-order valence-electron chi connectivity index (χ0n) is 17.6. The maximum absolute atomic E-state index is 12.4. The van der Waals surface area contributed by atoms with Gasteiger partial charge in [0.05, 0.1) is 6.04 Å². The maximum Gasteiger partial charge on any atom is 0.409 e. The van der Waals surface area contributed by atoms with Crippen molar-refractivity contribution in [3.8, 4) is 0 Å². The van der Waals surface area contributed by atoms with Crippen LogP contribution >= 0.6 is 0 Å². The lowest BCUT2D eigenvalue weighted by atomic mass is 9.98. The molecule has 0 bridgehead atoms. The highest BCUT2D eigenvalue weighted by Gasteiger charge is 2.26. The molecule has 156 valence electrons. The Morgan fingerprint density at radius 1 is 1.18 bits per heavy atom. The van der Waals surface area contributed by atoms with Gasteiger partial charge < -0.3 is 19.7 Å². The smallest absolute Gasteiger partial charge is 0.409 e. The van der Waals surface area contributed by atoms with E-state index in [0.29, 0.717) is 12.5 Å². The second-order valence-corrected chi connectivity index (χ2v) is 8.65. The van der Waals surface area contributed by atoms with Crippen molar-refractivity contribution in [1.82, 2.24) is 10.2 Å². The average Bonchev–Trinajstić information content (AvgIpc) is 3.11. The molecule has 0 aromatic heterocycles. The number of hydrogen-bond acceptors (Lipinski definition) is 4. The van der Waals surface area contributed by atoms with Crippen LogP contribution in [0.3, 0.4) is 0 Å². The Kier molecular flexibility index (Phi) is 8.15. The lowest BCUT2D eigenvalue weighted by Gasteiger charge is -2.28. The van der Waals surface area contributed by atoms with Gasteiger partial charge in [0.2, 0.25) is 0 Å². The van der Waals surface area contributed by atoms with E-state index in [4.69, 9.17) is 9.47 Å². The molecule has 28 heavy (non-hydrogen) atoms. The molecule has 2 rings (SSSR count). The fraction of sp³-hybridized carbons (Fsp3) is 0.636. The number of alkyl carbamates (subject to hydrolysis) is 1. The van der Waals surface area contributed by atoms with E-state index in [2.05, 4.69) is 5.32 Å². The Morgan fingerprint density at radius 3 is 2.43 bits per heavy atom. The van der Waals surface area contributed by atoms with Crippen LogP contribution in [0.5, 0.6) is 0 Å². The predicted octanol–water partition coefficient (Wildman–Crippen LogP) is 4.73. The summed E-state index contributed by atoms with van der Waals surface area (Å²) >= 11 is 0. The molecule has 0 aliphatic heterocycles. The molecule has 0 saturated heterocycles. The van der Waals surface area contributed by atoms with Crippen molar-refractivity contribution >= 4 is 12.2 Å².